The summed E-state index contributed by atoms with van der Waals surface area (Å²) >= 11 is 1.25. The minimum absolute atomic E-state index is 0.223. The van der Waals surface area contributed by atoms with Gasteiger partial charge in [0.2, 0.25) is 0 Å². The number of rotatable bonds is 7. The third kappa shape index (κ3) is 5.01. The van der Waals surface area contributed by atoms with Gasteiger partial charge >= 0.3 is 11.9 Å². The van der Waals surface area contributed by atoms with Crippen molar-refractivity contribution in [3.63, 3.8) is 0 Å². The molecule has 2 rings (SSSR count). The van der Waals surface area contributed by atoms with Gasteiger partial charge in [-0.25, -0.2) is 9.59 Å². The van der Waals surface area contributed by atoms with E-state index in [1.807, 2.05) is 6.92 Å². The quantitative estimate of drug-likeness (QED) is 0.577. The Morgan fingerprint density at radius 2 is 1.74 bits per heavy atom. The molecule has 1 aromatic carbocycles. The van der Waals surface area contributed by atoms with E-state index in [1.54, 1.807) is 13.8 Å². The fourth-order valence-corrected chi connectivity index (χ4v) is 3.30. The van der Waals surface area contributed by atoms with Crippen LogP contribution < -0.4 is 5.32 Å². The molecule has 0 saturated carbocycles. The van der Waals surface area contributed by atoms with E-state index < -0.39 is 24.5 Å². The van der Waals surface area contributed by atoms with Crippen LogP contribution >= 0.6 is 11.3 Å². The molecule has 0 bridgehead atoms. The van der Waals surface area contributed by atoms with Crippen molar-refractivity contribution in [3.8, 4) is 0 Å². The molecule has 0 atom stereocenters. The molecule has 27 heavy (non-hydrogen) atoms. The van der Waals surface area contributed by atoms with Crippen molar-refractivity contribution in [1.29, 1.82) is 0 Å². The number of hydrogen-bond donors (Lipinski definition) is 1. The molecule has 8 heteroatoms. The topological polar surface area (TPSA) is 98.8 Å². The smallest absolute Gasteiger partial charge is 0.341 e. The molecule has 142 valence electrons. The van der Waals surface area contributed by atoms with Crippen molar-refractivity contribution in [3.05, 3.63) is 51.4 Å². The number of ether oxygens (including phenoxy) is 2. The molecule has 0 aliphatic carbocycles. The zero-order chi connectivity index (χ0) is 20.0. The van der Waals surface area contributed by atoms with Crippen LogP contribution in [-0.4, -0.2) is 37.3 Å². The SMILES string of the molecule is CCOC(=O)c1c(NC(=O)COC(=O)c2ccc(C=O)cc2)sc(C)c1C. The highest BCUT2D eigenvalue weighted by Gasteiger charge is 2.22. The maximum absolute atomic E-state index is 12.1. The zero-order valence-electron chi connectivity index (χ0n) is 15.2. The van der Waals surface area contributed by atoms with Crippen LogP contribution in [0.3, 0.4) is 0 Å². The van der Waals surface area contributed by atoms with Crippen molar-refractivity contribution >= 4 is 40.5 Å². The van der Waals surface area contributed by atoms with Crippen LogP contribution in [0.15, 0.2) is 24.3 Å². The number of carbonyl (C=O) groups is 4. The Morgan fingerprint density at radius 3 is 2.33 bits per heavy atom. The monoisotopic (exact) mass is 389 g/mol. The van der Waals surface area contributed by atoms with Gasteiger partial charge in [-0.05, 0) is 38.5 Å². The second-order valence-corrected chi connectivity index (χ2v) is 6.80. The molecule has 0 saturated heterocycles. The molecule has 0 aliphatic rings. The van der Waals surface area contributed by atoms with Gasteiger partial charge in [0.15, 0.2) is 6.61 Å². The van der Waals surface area contributed by atoms with Gasteiger partial charge < -0.3 is 14.8 Å². The van der Waals surface area contributed by atoms with Gasteiger partial charge in [-0.1, -0.05) is 12.1 Å². The van der Waals surface area contributed by atoms with Gasteiger partial charge in [0.1, 0.15) is 11.3 Å². The third-order valence-corrected chi connectivity index (χ3v) is 4.86. The van der Waals surface area contributed by atoms with Crippen LogP contribution in [0, 0.1) is 13.8 Å². The molecule has 0 fully saturated rings. The highest BCUT2D eigenvalue weighted by atomic mass is 32.1. The maximum atomic E-state index is 12.1. The molecule has 1 aromatic heterocycles. The zero-order valence-corrected chi connectivity index (χ0v) is 16.0. The predicted molar refractivity (Wildman–Crippen MR) is 100 cm³/mol. The van der Waals surface area contributed by atoms with Crippen molar-refractivity contribution < 1.29 is 28.7 Å². The Balaban J connectivity index is 2.01. The van der Waals surface area contributed by atoms with E-state index in [-0.39, 0.29) is 12.2 Å². The molecular formula is C19H19NO6S. The van der Waals surface area contributed by atoms with Crippen LogP contribution in [0.2, 0.25) is 0 Å². The second-order valence-electron chi connectivity index (χ2n) is 5.57. The first-order chi connectivity index (χ1) is 12.9. The molecular weight excluding hydrogens is 370 g/mol. The predicted octanol–water partition coefficient (Wildman–Crippen LogP) is 3.15. The molecule has 0 unspecified atom stereocenters. The number of esters is 2. The Kier molecular flexibility index (Phi) is 6.84. The van der Waals surface area contributed by atoms with E-state index in [4.69, 9.17) is 9.47 Å². The van der Waals surface area contributed by atoms with Crippen molar-refractivity contribution in [2.75, 3.05) is 18.5 Å². The third-order valence-electron chi connectivity index (χ3n) is 3.73. The first-order valence-corrected chi connectivity index (χ1v) is 8.98. The fraction of sp³-hybridized carbons (Fsp3) is 0.263. The maximum Gasteiger partial charge on any atom is 0.341 e. The first-order valence-electron chi connectivity index (χ1n) is 8.16. The van der Waals surface area contributed by atoms with E-state index >= 15 is 0 Å². The average Bonchev–Trinajstić information content (AvgIpc) is 2.93. The van der Waals surface area contributed by atoms with Crippen LogP contribution in [-0.2, 0) is 14.3 Å². The number of aldehydes is 1. The molecule has 0 radical (unpaired) electrons. The largest absolute Gasteiger partial charge is 0.462 e. The summed E-state index contributed by atoms with van der Waals surface area (Å²) in [6.45, 7) is 5.03. The Bertz CT molecular complexity index is 869. The van der Waals surface area contributed by atoms with Crippen LogP contribution in [0.4, 0.5) is 5.00 Å². The number of carbonyl (C=O) groups excluding carboxylic acids is 4. The summed E-state index contributed by atoms with van der Waals surface area (Å²) in [6.07, 6.45) is 0.661. The summed E-state index contributed by atoms with van der Waals surface area (Å²) in [5.41, 5.74) is 1.70. The number of thiophene rings is 1. The van der Waals surface area contributed by atoms with Gasteiger partial charge in [0, 0.05) is 10.4 Å². The average molecular weight is 389 g/mol. The Hall–Kier alpha value is -3.00. The molecule has 0 aliphatic heterocycles. The molecule has 0 spiro atoms. The summed E-state index contributed by atoms with van der Waals surface area (Å²) in [5.74, 6) is -1.77. The van der Waals surface area contributed by atoms with Gasteiger partial charge in [-0.2, -0.15) is 0 Å². The first kappa shape index (κ1) is 20.3. The lowest BCUT2D eigenvalue weighted by Crippen LogP contribution is -2.21. The van der Waals surface area contributed by atoms with Crippen molar-refractivity contribution in [2.24, 2.45) is 0 Å². The molecule has 7 nitrogen and oxygen atoms in total. The normalized spacial score (nSPS) is 10.2. The number of anilines is 1. The second kappa shape index (κ2) is 9.09. The van der Waals surface area contributed by atoms with Gasteiger partial charge in [-0.15, -0.1) is 11.3 Å². The van der Waals surface area contributed by atoms with E-state index in [0.29, 0.717) is 22.4 Å². The highest BCUT2D eigenvalue weighted by molar-refractivity contribution is 7.16. The van der Waals surface area contributed by atoms with Crippen molar-refractivity contribution in [1.82, 2.24) is 0 Å². The number of hydrogen-bond acceptors (Lipinski definition) is 7. The summed E-state index contributed by atoms with van der Waals surface area (Å²) in [6, 6.07) is 5.84. The fourth-order valence-electron chi connectivity index (χ4n) is 2.24. The van der Waals surface area contributed by atoms with E-state index in [1.165, 1.54) is 35.6 Å². The molecule has 2 aromatic rings. The number of aryl methyl sites for hydroxylation is 1. The number of benzene rings is 1. The summed E-state index contributed by atoms with van der Waals surface area (Å²) in [4.78, 5) is 47.7. The molecule has 1 amide bonds. The summed E-state index contributed by atoms with van der Waals surface area (Å²) in [7, 11) is 0. The van der Waals surface area contributed by atoms with Gasteiger partial charge in [-0.3, -0.25) is 9.59 Å². The van der Waals surface area contributed by atoms with E-state index in [9.17, 15) is 19.2 Å². The Labute approximate surface area is 160 Å². The van der Waals surface area contributed by atoms with Gasteiger partial charge in [0.25, 0.3) is 5.91 Å². The highest BCUT2D eigenvalue weighted by Crippen LogP contribution is 2.33. The Morgan fingerprint density at radius 1 is 1.07 bits per heavy atom. The lowest BCUT2D eigenvalue weighted by Gasteiger charge is -2.08. The summed E-state index contributed by atoms with van der Waals surface area (Å²) < 4.78 is 10.00. The van der Waals surface area contributed by atoms with E-state index in [2.05, 4.69) is 5.32 Å². The summed E-state index contributed by atoms with van der Waals surface area (Å²) in [5, 5.41) is 2.95. The van der Waals surface area contributed by atoms with Crippen LogP contribution in [0.25, 0.3) is 0 Å². The van der Waals surface area contributed by atoms with Crippen molar-refractivity contribution in [2.45, 2.75) is 20.8 Å². The van der Waals surface area contributed by atoms with E-state index in [0.717, 1.165) is 10.4 Å². The lowest BCUT2D eigenvalue weighted by atomic mass is 10.1. The number of amides is 1. The number of nitrogens with one attached hydrogen (secondary N) is 1. The molecule has 1 heterocycles. The van der Waals surface area contributed by atoms with Crippen LogP contribution in [0.1, 0.15) is 48.4 Å². The lowest BCUT2D eigenvalue weighted by molar-refractivity contribution is -0.119. The van der Waals surface area contributed by atoms with Crippen LogP contribution in [0.5, 0.6) is 0 Å². The minimum atomic E-state index is -0.688. The van der Waals surface area contributed by atoms with Gasteiger partial charge in [0.05, 0.1) is 17.7 Å². The minimum Gasteiger partial charge on any atom is -0.462 e. The molecule has 1 N–H and O–H groups in total. The standard InChI is InChI=1S/C19H19NO6S/c1-4-25-19(24)16-11(2)12(3)27-17(16)20-15(22)10-26-18(23)14-7-5-13(9-21)6-8-14/h5-9H,4,10H2,1-3H3,(H,20,22).